The van der Waals surface area contributed by atoms with Crippen LogP contribution < -0.4 is 10.6 Å². The maximum absolute atomic E-state index is 12.5. The summed E-state index contributed by atoms with van der Waals surface area (Å²) in [6, 6.07) is 7.75. The van der Waals surface area contributed by atoms with E-state index < -0.39 is 6.10 Å². The summed E-state index contributed by atoms with van der Waals surface area (Å²) in [7, 11) is 0. The Morgan fingerprint density at radius 1 is 1.19 bits per heavy atom. The number of nitrogens with zero attached hydrogens (tertiary/aromatic N) is 1. The van der Waals surface area contributed by atoms with E-state index in [0.29, 0.717) is 12.1 Å². The monoisotopic (exact) mass is 403 g/mol. The van der Waals surface area contributed by atoms with Gasteiger partial charge in [0.05, 0.1) is 12.1 Å². The highest BCUT2D eigenvalue weighted by molar-refractivity contribution is 5.94. The third kappa shape index (κ3) is 6.71. The Morgan fingerprint density at radius 3 is 2.62 bits per heavy atom. The number of amides is 1. The summed E-state index contributed by atoms with van der Waals surface area (Å²) in [6.45, 7) is 4.59. The summed E-state index contributed by atoms with van der Waals surface area (Å²) in [5, 5.41) is 16.1. The summed E-state index contributed by atoms with van der Waals surface area (Å²) in [5.74, 6) is -0.0846. The number of rotatable bonds is 4. The van der Waals surface area contributed by atoms with E-state index >= 15 is 0 Å². The van der Waals surface area contributed by atoms with Crippen LogP contribution in [0.1, 0.15) is 48.0 Å². The number of likely N-dealkylation sites (tertiary alicyclic amines) is 1. The van der Waals surface area contributed by atoms with Crippen LogP contribution in [0.5, 0.6) is 0 Å². The van der Waals surface area contributed by atoms with E-state index in [9.17, 15) is 9.90 Å². The number of aliphatic hydroxyl groups is 1. The van der Waals surface area contributed by atoms with Crippen molar-refractivity contribution in [1.82, 2.24) is 15.5 Å². The topological polar surface area (TPSA) is 64.6 Å². The van der Waals surface area contributed by atoms with Gasteiger partial charge in [-0.3, -0.25) is 9.69 Å². The van der Waals surface area contributed by atoms with Crippen LogP contribution in [0.3, 0.4) is 0 Å². The number of piperidine rings is 1. The lowest BCUT2D eigenvalue weighted by atomic mass is 10.0. The van der Waals surface area contributed by atoms with Crippen LogP contribution in [-0.4, -0.2) is 54.2 Å². The highest BCUT2D eigenvalue weighted by Gasteiger charge is 2.24. The number of carbonyl (C=O) groups is 1. The van der Waals surface area contributed by atoms with E-state index in [-0.39, 0.29) is 36.8 Å². The molecular formula is C19H31Cl2N3O2. The van der Waals surface area contributed by atoms with Gasteiger partial charge in [0.1, 0.15) is 0 Å². The fourth-order valence-electron chi connectivity index (χ4n) is 3.63. The van der Waals surface area contributed by atoms with Gasteiger partial charge in [-0.25, -0.2) is 0 Å². The number of carbonyl (C=O) groups excluding carboxylic acids is 1. The summed E-state index contributed by atoms with van der Waals surface area (Å²) >= 11 is 0. The Hall–Kier alpha value is -0.850. The molecule has 0 saturated carbocycles. The Morgan fingerprint density at radius 2 is 1.92 bits per heavy atom. The molecule has 0 bridgehead atoms. The van der Waals surface area contributed by atoms with Crippen molar-refractivity contribution in [3.8, 4) is 0 Å². The lowest BCUT2D eigenvalue weighted by Gasteiger charge is -2.29. The molecule has 26 heavy (non-hydrogen) atoms. The first-order valence-electron chi connectivity index (χ1n) is 9.23. The molecule has 1 aromatic rings. The first-order chi connectivity index (χ1) is 11.7. The normalized spacial score (nSPS) is 23.9. The molecule has 3 rings (SSSR count). The van der Waals surface area contributed by atoms with Crippen molar-refractivity contribution in [2.75, 3.05) is 26.2 Å². The number of hydrogen-bond acceptors (Lipinski definition) is 4. The molecule has 0 unspecified atom stereocenters. The molecule has 3 N–H and O–H groups in total. The molecule has 0 aliphatic carbocycles. The molecule has 2 atom stereocenters. The van der Waals surface area contributed by atoms with Gasteiger partial charge in [0.15, 0.2) is 0 Å². The average Bonchev–Trinajstić information content (AvgIpc) is 2.86. The van der Waals surface area contributed by atoms with Crippen LogP contribution in [0.25, 0.3) is 0 Å². The van der Waals surface area contributed by atoms with Crippen molar-refractivity contribution in [3.05, 3.63) is 35.4 Å². The molecule has 5 nitrogen and oxygen atoms in total. The van der Waals surface area contributed by atoms with Crippen molar-refractivity contribution < 1.29 is 9.90 Å². The predicted molar refractivity (Wildman–Crippen MR) is 109 cm³/mol. The van der Waals surface area contributed by atoms with Gasteiger partial charge in [-0.2, -0.15) is 0 Å². The van der Waals surface area contributed by atoms with Crippen molar-refractivity contribution in [2.24, 2.45) is 0 Å². The van der Waals surface area contributed by atoms with Gasteiger partial charge in [-0.05, 0) is 56.6 Å². The second kappa shape index (κ2) is 11.8. The molecule has 1 aromatic carbocycles. The summed E-state index contributed by atoms with van der Waals surface area (Å²) in [5.41, 5.74) is 1.88. The van der Waals surface area contributed by atoms with Gasteiger partial charge in [0, 0.05) is 18.7 Å². The first-order valence-corrected chi connectivity index (χ1v) is 9.23. The fraction of sp³-hybridized carbons (Fsp3) is 0.632. The molecular weight excluding hydrogens is 373 g/mol. The van der Waals surface area contributed by atoms with Crippen LogP contribution in [0.15, 0.2) is 24.3 Å². The number of hydrogen-bond donors (Lipinski definition) is 3. The van der Waals surface area contributed by atoms with Crippen LogP contribution >= 0.6 is 24.8 Å². The molecule has 1 amide bonds. The average molecular weight is 404 g/mol. The van der Waals surface area contributed by atoms with E-state index in [4.69, 9.17) is 0 Å². The second-order valence-electron chi connectivity index (χ2n) is 7.03. The predicted octanol–water partition coefficient (Wildman–Crippen LogP) is 2.36. The maximum Gasteiger partial charge on any atom is 0.251 e. The molecule has 2 saturated heterocycles. The SMILES string of the molecule is Cl.Cl.O=C(N[C@@H]1CCNC[C@H]1O)c1cccc(CN2CCCCCC2)c1. The van der Waals surface area contributed by atoms with Gasteiger partial charge in [-0.15, -0.1) is 24.8 Å². The number of benzene rings is 1. The zero-order valence-corrected chi connectivity index (χ0v) is 16.8. The Balaban J connectivity index is 0.00000169. The lowest BCUT2D eigenvalue weighted by molar-refractivity contribution is 0.0765. The third-order valence-corrected chi connectivity index (χ3v) is 5.06. The second-order valence-corrected chi connectivity index (χ2v) is 7.03. The quantitative estimate of drug-likeness (QED) is 0.721. The standard InChI is InChI=1S/C19H29N3O2.2ClH/c23-18-13-20-9-8-17(18)21-19(24)16-7-5-6-15(12-16)14-22-10-3-1-2-4-11-22;;/h5-7,12,17-18,20,23H,1-4,8-11,13-14H2,(H,21,24);2*1H/t17-,18-;;/m1../s1. The van der Waals surface area contributed by atoms with Gasteiger partial charge in [0.2, 0.25) is 0 Å². The molecule has 7 heteroatoms. The molecule has 2 fully saturated rings. The molecule has 2 aliphatic heterocycles. The van der Waals surface area contributed by atoms with Crippen molar-refractivity contribution in [3.63, 3.8) is 0 Å². The van der Waals surface area contributed by atoms with Crippen molar-refractivity contribution in [2.45, 2.75) is 50.8 Å². The van der Waals surface area contributed by atoms with E-state index in [1.54, 1.807) is 0 Å². The molecule has 2 heterocycles. The zero-order chi connectivity index (χ0) is 16.8. The van der Waals surface area contributed by atoms with Crippen LogP contribution in [-0.2, 0) is 6.54 Å². The smallest absolute Gasteiger partial charge is 0.251 e. The van der Waals surface area contributed by atoms with Gasteiger partial charge in [0.25, 0.3) is 5.91 Å². The highest BCUT2D eigenvalue weighted by atomic mass is 35.5. The number of aliphatic hydroxyl groups excluding tert-OH is 1. The largest absolute Gasteiger partial charge is 0.390 e. The molecule has 2 aliphatic rings. The van der Waals surface area contributed by atoms with Gasteiger partial charge < -0.3 is 15.7 Å². The fourth-order valence-corrected chi connectivity index (χ4v) is 3.63. The number of nitrogens with one attached hydrogen (secondary N) is 2. The van der Waals surface area contributed by atoms with Gasteiger partial charge >= 0.3 is 0 Å². The molecule has 0 spiro atoms. The highest BCUT2D eigenvalue weighted by Crippen LogP contribution is 2.15. The van der Waals surface area contributed by atoms with Gasteiger partial charge in [-0.1, -0.05) is 25.0 Å². The molecule has 0 radical (unpaired) electrons. The molecule has 148 valence electrons. The first kappa shape index (κ1) is 23.2. The maximum atomic E-state index is 12.5. The number of β-amino-alcohol motifs (C(OH)–C–C–N with tert-alkyl or cyclic N) is 1. The molecule has 0 aromatic heterocycles. The minimum absolute atomic E-state index is 0. The summed E-state index contributed by atoms with van der Waals surface area (Å²) < 4.78 is 0. The van der Waals surface area contributed by atoms with Crippen molar-refractivity contribution >= 4 is 30.7 Å². The van der Waals surface area contributed by atoms with Crippen LogP contribution in [0.4, 0.5) is 0 Å². The van der Waals surface area contributed by atoms with Crippen molar-refractivity contribution in [1.29, 1.82) is 0 Å². The number of halogens is 2. The Kier molecular flexibility index (Phi) is 10.5. The Bertz CT molecular complexity index is 551. The van der Waals surface area contributed by atoms with E-state index in [1.165, 1.54) is 31.2 Å². The third-order valence-electron chi connectivity index (χ3n) is 5.06. The van der Waals surface area contributed by atoms with E-state index in [1.807, 2.05) is 18.2 Å². The minimum atomic E-state index is -0.511. The minimum Gasteiger partial charge on any atom is -0.390 e. The van der Waals surface area contributed by atoms with E-state index in [0.717, 1.165) is 32.6 Å². The zero-order valence-electron chi connectivity index (χ0n) is 15.2. The van der Waals surface area contributed by atoms with Crippen LogP contribution in [0, 0.1) is 0 Å². The summed E-state index contributed by atoms with van der Waals surface area (Å²) in [4.78, 5) is 15.0. The lowest BCUT2D eigenvalue weighted by Crippen LogP contribution is -2.52. The summed E-state index contributed by atoms with van der Waals surface area (Å²) in [6.07, 6.45) is 5.46. The van der Waals surface area contributed by atoms with Crippen LogP contribution in [0.2, 0.25) is 0 Å². The van der Waals surface area contributed by atoms with E-state index in [2.05, 4.69) is 21.6 Å². The Labute approximate surface area is 168 Å².